The molecule has 0 spiro atoms. The summed E-state index contributed by atoms with van der Waals surface area (Å²) in [5.41, 5.74) is 0. The second kappa shape index (κ2) is 3.75. The van der Waals surface area contributed by atoms with E-state index in [1.807, 2.05) is 0 Å². The van der Waals surface area contributed by atoms with Crippen LogP contribution in [0.1, 0.15) is 6.42 Å². The Morgan fingerprint density at radius 1 is 1.31 bits per heavy atom. The van der Waals surface area contributed by atoms with E-state index >= 15 is 0 Å². The number of hydrogen-bond acceptors (Lipinski definition) is 2. The van der Waals surface area contributed by atoms with Crippen molar-refractivity contribution in [2.24, 2.45) is 0 Å². The van der Waals surface area contributed by atoms with Crippen LogP contribution in [0, 0.1) is 5.82 Å². The molecule has 1 aromatic carbocycles. The summed E-state index contributed by atoms with van der Waals surface area (Å²) in [6.07, 6.45) is 1.27. The lowest BCUT2D eigenvalue weighted by Gasteiger charge is -2.11. The Morgan fingerprint density at radius 3 is 2.69 bits per heavy atom. The first-order chi connectivity index (χ1) is 6.34. The smallest absolute Gasteiger partial charge is 0.123 e. The van der Waals surface area contributed by atoms with E-state index in [0.717, 1.165) is 25.3 Å². The maximum Gasteiger partial charge on any atom is 0.123 e. The summed E-state index contributed by atoms with van der Waals surface area (Å²) in [6, 6.07) is 6.15. The average Bonchev–Trinajstić information content (AvgIpc) is 2.62. The minimum atomic E-state index is -0.225. The van der Waals surface area contributed by atoms with Gasteiger partial charge in [0, 0.05) is 6.54 Å². The highest BCUT2D eigenvalue weighted by Crippen LogP contribution is 2.15. The van der Waals surface area contributed by atoms with E-state index in [9.17, 15) is 4.39 Å². The zero-order valence-electron chi connectivity index (χ0n) is 7.29. The number of benzene rings is 1. The van der Waals surface area contributed by atoms with Crippen molar-refractivity contribution < 1.29 is 9.13 Å². The van der Waals surface area contributed by atoms with Gasteiger partial charge in [0.1, 0.15) is 17.7 Å². The lowest BCUT2D eigenvalue weighted by molar-refractivity contribution is 0.223. The van der Waals surface area contributed by atoms with E-state index in [1.54, 1.807) is 12.1 Å². The van der Waals surface area contributed by atoms with Gasteiger partial charge in [0.2, 0.25) is 0 Å². The Morgan fingerprint density at radius 2 is 2.08 bits per heavy atom. The Hall–Kier alpha value is -1.09. The molecule has 1 atom stereocenters. The molecule has 0 bridgehead atoms. The molecule has 1 N–H and O–H groups in total. The molecule has 0 radical (unpaired) electrons. The molecule has 1 aliphatic rings. The van der Waals surface area contributed by atoms with Gasteiger partial charge in [-0.25, -0.2) is 4.39 Å². The van der Waals surface area contributed by atoms with Crippen molar-refractivity contribution in [3.63, 3.8) is 0 Å². The predicted octanol–water partition coefficient (Wildman–Crippen LogP) is 1.57. The van der Waals surface area contributed by atoms with Crippen LogP contribution in [0.4, 0.5) is 4.39 Å². The molecule has 13 heavy (non-hydrogen) atoms. The molecular formula is C10H12FNO. The normalized spacial score (nSPS) is 21.8. The first kappa shape index (κ1) is 8.51. The van der Waals surface area contributed by atoms with Crippen molar-refractivity contribution in [3.8, 4) is 5.75 Å². The molecule has 0 aromatic heterocycles. The van der Waals surface area contributed by atoms with Gasteiger partial charge in [0.15, 0.2) is 0 Å². The largest absolute Gasteiger partial charge is 0.489 e. The van der Waals surface area contributed by atoms with Crippen LogP contribution in [0.25, 0.3) is 0 Å². The zero-order chi connectivity index (χ0) is 9.10. The SMILES string of the molecule is Fc1ccc(OC2CCNC2)cc1. The van der Waals surface area contributed by atoms with Gasteiger partial charge < -0.3 is 10.1 Å². The minimum Gasteiger partial charge on any atom is -0.489 e. The first-order valence-corrected chi connectivity index (χ1v) is 4.47. The maximum absolute atomic E-state index is 12.5. The summed E-state index contributed by atoms with van der Waals surface area (Å²) in [5, 5.41) is 3.20. The molecule has 1 aromatic rings. The van der Waals surface area contributed by atoms with Gasteiger partial charge in [-0.3, -0.25) is 0 Å². The van der Waals surface area contributed by atoms with E-state index in [2.05, 4.69) is 5.32 Å². The summed E-state index contributed by atoms with van der Waals surface area (Å²) in [5.74, 6) is 0.520. The van der Waals surface area contributed by atoms with E-state index in [0.29, 0.717) is 0 Å². The van der Waals surface area contributed by atoms with Gasteiger partial charge >= 0.3 is 0 Å². The van der Waals surface area contributed by atoms with Crippen molar-refractivity contribution >= 4 is 0 Å². The van der Waals surface area contributed by atoms with E-state index in [-0.39, 0.29) is 11.9 Å². The second-order valence-electron chi connectivity index (χ2n) is 3.19. The fourth-order valence-corrected chi connectivity index (χ4v) is 1.43. The molecule has 0 saturated carbocycles. The van der Waals surface area contributed by atoms with Crippen LogP contribution in [0.5, 0.6) is 5.75 Å². The molecular weight excluding hydrogens is 169 g/mol. The fraction of sp³-hybridized carbons (Fsp3) is 0.400. The lowest BCUT2D eigenvalue weighted by Crippen LogP contribution is -2.19. The average molecular weight is 181 g/mol. The monoisotopic (exact) mass is 181 g/mol. The molecule has 70 valence electrons. The van der Waals surface area contributed by atoms with Crippen molar-refractivity contribution in [1.29, 1.82) is 0 Å². The van der Waals surface area contributed by atoms with Crippen molar-refractivity contribution in [3.05, 3.63) is 30.1 Å². The second-order valence-corrected chi connectivity index (χ2v) is 3.19. The number of ether oxygens (including phenoxy) is 1. The van der Waals surface area contributed by atoms with Crippen LogP contribution in [0.15, 0.2) is 24.3 Å². The Bertz CT molecular complexity index is 267. The summed E-state index contributed by atoms with van der Waals surface area (Å²) in [4.78, 5) is 0. The Kier molecular flexibility index (Phi) is 2.45. The Labute approximate surface area is 76.7 Å². The molecule has 0 amide bonds. The van der Waals surface area contributed by atoms with E-state index in [4.69, 9.17) is 4.74 Å². The molecule has 1 aliphatic heterocycles. The molecule has 0 aliphatic carbocycles. The molecule has 1 unspecified atom stereocenters. The molecule has 1 saturated heterocycles. The van der Waals surface area contributed by atoms with Crippen LogP contribution < -0.4 is 10.1 Å². The standard InChI is InChI=1S/C10H12FNO/c11-8-1-3-9(4-2-8)13-10-5-6-12-7-10/h1-4,10,12H,5-7H2. The highest BCUT2D eigenvalue weighted by molar-refractivity contribution is 5.22. The quantitative estimate of drug-likeness (QED) is 0.747. The molecule has 1 heterocycles. The summed E-state index contributed by atoms with van der Waals surface area (Å²) < 4.78 is 18.1. The van der Waals surface area contributed by atoms with Gasteiger partial charge in [0.25, 0.3) is 0 Å². The van der Waals surface area contributed by atoms with Gasteiger partial charge in [-0.05, 0) is 37.2 Å². The highest BCUT2D eigenvalue weighted by atomic mass is 19.1. The number of nitrogens with one attached hydrogen (secondary N) is 1. The van der Waals surface area contributed by atoms with Crippen LogP contribution in [0.3, 0.4) is 0 Å². The molecule has 1 fully saturated rings. The topological polar surface area (TPSA) is 21.3 Å². The molecule has 3 heteroatoms. The lowest BCUT2D eigenvalue weighted by atomic mass is 10.3. The summed E-state index contributed by atoms with van der Waals surface area (Å²) >= 11 is 0. The Balaban J connectivity index is 1.97. The summed E-state index contributed by atoms with van der Waals surface area (Å²) in [6.45, 7) is 1.89. The van der Waals surface area contributed by atoms with E-state index in [1.165, 1.54) is 12.1 Å². The van der Waals surface area contributed by atoms with E-state index < -0.39 is 0 Å². The number of hydrogen-bond donors (Lipinski definition) is 1. The molecule has 2 nitrogen and oxygen atoms in total. The maximum atomic E-state index is 12.5. The number of rotatable bonds is 2. The third-order valence-electron chi connectivity index (χ3n) is 2.13. The van der Waals surface area contributed by atoms with Crippen molar-refractivity contribution in [2.45, 2.75) is 12.5 Å². The van der Waals surface area contributed by atoms with Crippen LogP contribution >= 0.6 is 0 Å². The highest BCUT2D eigenvalue weighted by Gasteiger charge is 2.15. The van der Waals surface area contributed by atoms with Gasteiger partial charge in [-0.2, -0.15) is 0 Å². The van der Waals surface area contributed by atoms with Crippen LogP contribution in [0.2, 0.25) is 0 Å². The number of halogens is 1. The van der Waals surface area contributed by atoms with Crippen molar-refractivity contribution in [1.82, 2.24) is 5.32 Å². The van der Waals surface area contributed by atoms with Crippen LogP contribution in [-0.2, 0) is 0 Å². The van der Waals surface area contributed by atoms with Crippen molar-refractivity contribution in [2.75, 3.05) is 13.1 Å². The predicted molar refractivity (Wildman–Crippen MR) is 48.3 cm³/mol. The van der Waals surface area contributed by atoms with Crippen LogP contribution in [-0.4, -0.2) is 19.2 Å². The third kappa shape index (κ3) is 2.18. The zero-order valence-corrected chi connectivity index (χ0v) is 7.29. The first-order valence-electron chi connectivity index (χ1n) is 4.47. The third-order valence-corrected chi connectivity index (χ3v) is 2.13. The summed E-state index contributed by atoms with van der Waals surface area (Å²) in [7, 11) is 0. The fourth-order valence-electron chi connectivity index (χ4n) is 1.43. The van der Waals surface area contributed by atoms with Gasteiger partial charge in [-0.15, -0.1) is 0 Å². The minimum absolute atomic E-state index is 0.225. The van der Waals surface area contributed by atoms with Gasteiger partial charge in [-0.1, -0.05) is 0 Å². The molecule has 2 rings (SSSR count). The van der Waals surface area contributed by atoms with Gasteiger partial charge in [0.05, 0.1) is 0 Å².